The van der Waals surface area contributed by atoms with E-state index in [9.17, 15) is 9.59 Å². The molecule has 9 nitrogen and oxygen atoms in total. The smallest absolute Gasteiger partial charge is 0.407 e. The highest BCUT2D eigenvalue weighted by Gasteiger charge is 2.25. The van der Waals surface area contributed by atoms with Crippen LogP contribution in [0.15, 0.2) is 36.4 Å². The molecule has 2 heterocycles. The number of benzene rings is 1. The van der Waals surface area contributed by atoms with E-state index in [-0.39, 0.29) is 17.9 Å². The summed E-state index contributed by atoms with van der Waals surface area (Å²) >= 11 is 0. The molecule has 0 unspecified atom stereocenters. The lowest BCUT2D eigenvalue weighted by Gasteiger charge is -2.32. The van der Waals surface area contributed by atoms with Crippen molar-refractivity contribution in [3.63, 3.8) is 0 Å². The Morgan fingerprint density at radius 1 is 1.14 bits per heavy atom. The van der Waals surface area contributed by atoms with Crippen LogP contribution in [0.2, 0.25) is 0 Å². The third kappa shape index (κ3) is 8.98. The summed E-state index contributed by atoms with van der Waals surface area (Å²) in [5, 5.41) is 11.8. The van der Waals surface area contributed by atoms with Crippen LogP contribution in [0.5, 0.6) is 17.5 Å². The van der Waals surface area contributed by atoms with Gasteiger partial charge in [-0.2, -0.15) is 10.2 Å². The number of nitrogens with one attached hydrogen (secondary N) is 1. The molecule has 0 bridgehead atoms. The lowest BCUT2D eigenvalue weighted by atomic mass is 9.93. The average molecular weight is 509 g/mol. The van der Waals surface area contributed by atoms with Crippen LogP contribution in [-0.4, -0.2) is 53.2 Å². The van der Waals surface area contributed by atoms with Crippen molar-refractivity contribution in [2.75, 3.05) is 19.6 Å². The normalized spacial score (nSPS) is 14.1. The van der Waals surface area contributed by atoms with Crippen molar-refractivity contribution in [3.8, 4) is 23.6 Å². The van der Waals surface area contributed by atoms with Gasteiger partial charge in [0.1, 0.15) is 11.4 Å². The number of likely N-dealkylation sites (tertiary alicyclic amines) is 1. The van der Waals surface area contributed by atoms with E-state index in [1.807, 2.05) is 39.5 Å². The zero-order valence-electron chi connectivity index (χ0n) is 22.2. The van der Waals surface area contributed by atoms with Gasteiger partial charge in [-0.05, 0) is 84.1 Å². The van der Waals surface area contributed by atoms with Crippen LogP contribution in [0, 0.1) is 17.2 Å². The van der Waals surface area contributed by atoms with E-state index in [0.29, 0.717) is 48.3 Å². The average Bonchev–Trinajstić information content (AvgIpc) is 2.83. The van der Waals surface area contributed by atoms with Gasteiger partial charge in [-0.15, -0.1) is 0 Å². The molecule has 0 radical (unpaired) electrons. The lowest BCUT2D eigenvalue weighted by molar-refractivity contribution is 0.0522. The Labute approximate surface area is 218 Å². The zero-order chi connectivity index (χ0) is 27.0. The Hall–Kier alpha value is -3.80. The molecule has 1 aromatic carbocycles. The van der Waals surface area contributed by atoms with E-state index in [0.717, 1.165) is 19.3 Å². The molecule has 0 aliphatic carbocycles. The fourth-order valence-electron chi connectivity index (χ4n) is 3.98. The second kappa shape index (κ2) is 12.4. The summed E-state index contributed by atoms with van der Waals surface area (Å²) < 4.78 is 16.9. The number of hydrogen-bond donors (Lipinski definition) is 1. The number of carbonyl (C=O) groups is 2. The number of nitrogens with zero attached hydrogens (tertiary/aromatic N) is 3. The maximum absolute atomic E-state index is 13.3. The fraction of sp³-hybridized carbons (Fsp3) is 0.500. The molecule has 9 heteroatoms. The van der Waals surface area contributed by atoms with E-state index < -0.39 is 11.7 Å². The van der Waals surface area contributed by atoms with Crippen molar-refractivity contribution in [1.29, 1.82) is 5.26 Å². The number of piperidine rings is 1. The fourth-order valence-corrected chi connectivity index (χ4v) is 3.98. The van der Waals surface area contributed by atoms with Gasteiger partial charge in [0.05, 0.1) is 23.3 Å². The number of aromatic nitrogens is 1. The van der Waals surface area contributed by atoms with E-state index in [4.69, 9.17) is 19.5 Å². The third-order valence-electron chi connectivity index (χ3n) is 5.71. The molecule has 2 aromatic rings. The first-order valence-electron chi connectivity index (χ1n) is 12.7. The van der Waals surface area contributed by atoms with Gasteiger partial charge in [-0.3, -0.25) is 4.79 Å². The van der Waals surface area contributed by atoms with Crippen molar-refractivity contribution >= 4 is 12.0 Å². The van der Waals surface area contributed by atoms with Gasteiger partial charge in [0.25, 0.3) is 5.91 Å². The van der Waals surface area contributed by atoms with Gasteiger partial charge < -0.3 is 24.4 Å². The zero-order valence-corrected chi connectivity index (χ0v) is 22.2. The van der Waals surface area contributed by atoms with Crippen molar-refractivity contribution < 1.29 is 23.8 Å². The molecule has 1 saturated heterocycles. The van der Waals surface area contributed by atoms with E-state index >= 15 is 0 Å². The quantitative estimate of drug-likeness (QED) is 0.515. The summed E-state index contributed by atoms with van der Waals surface area (Å²) in [6.45, 7) is 11.1. The second-order valence-corrected chi connectivity index (χ2v) is 10.4. The maximum atomic E-state index is 13.3. The largest absolute Gasteiger partial charge is 0.475 e. The number of hydrogen-bond acceptors (Lipinski definition) is 7. The molecular formula is C28H36N4O5. The molecule has 2 amide bonds. The molecule has 1 aliphatic rings. The number of amides is 2. The molecule has 37 heavy (non-hydrogen) atoms. The molecule has 3 rings (SSSR count). The van der Waals surface area contributed by atoms with Crippen LogP contribution in [0.3, 0.4) is 0 Å². The Morgan fingerprint density at radius 2 is 1.78 bits per heavy atom. The Kier molecular flexibility index (Phi) is 9.34. The second-order valence-electron chi connectivity index (χ2n) is 10.4. The summed E-state index contributed by atoms with van der Waals surface area (Å²) in [5.74, 6) is 1.38. The summed E-state index contributed by atoms with van der Waals surface area (Å²) in [6, 6.07) is 12.0. The summed E-state index contributed by atoms with van der Waals surface area (Å²) in [6.07, 6.45) is 2.03. The number of ether oxygens (including phenoxy) is 3. The van der Waals surface area contributed by atoms with Crippen LogP contribution in [-0.2, 0) is 4.74 Å². The SMILES string of the molecule is CC(C)Oc1cc(C(=O)N2CCC(CCNC(=O)OC(C)(C)C)CC2)cc(Oc2ccc(C#N)cc2)n1. The third-order valence-corrected chi connectivity index (χ3v) is 5.71. The standard InChI is InChI=1S/C28H36N4O5/c1-19(2)35-24-16-22(17-25(31-24)36-23-8-6-21(18-29)7-9-23)26(33)32-14-11-20(12-15-32)10-13-30-27(34)37-28(3,4)5/h6-9,16-17,19-20H,10-15H2,1-5H3,(H,30,34). The molecule has 1 fully saturated rings. The molecule has 1 N–H and O–H groups in total. The first-order valence-corrected chi connectivity index (χ1v) is 12.7. The number of nitriles is 1. The van der Waals surface area contributed by atoms with E-state index in [1.54, 1.807) is 36.4 Å². The van der Waals surface area contributed by atoms with Crippen LogP contribution in [0.1, 0.15) is 69.8 Å². The summed E-state index contributed by atoms with van der Waals surface area (Å²) in [5.41, 5.74) is 0.451. The molecule has 0 atom stereocenters. The highest BCUT2D eigenvalue weighted by molar-refractivity contribution is 5.94. The highest BCUT2D eigenvalue weighted by Crippen LogP contribution is 2.27. The molecule has 1 aromatic heterocycles. The first-order chi connectivity index (χ1) is 17.5. The van der Waals surface area contributed by atoms with Gasteiger partial charge in [0.2, 0.25) is 11.8 Å². The number of alkyl carbamates (subject to hydrolysis) is 1. The molecule has 0 saturated carbocycles. The number of carbonyl (C=O) groups excluding carboxylic acids is 2. The lowest BCUT2D eigenvalue weighted by Crippen LogP contribution is -2.39. The predicted molar refractivity (Wildman–Crippen MR) is 139 cm³/mol. The van der Waals surface area contributed by atoms with Crippen LogP contribution < -0.4 is 14.8 Å². The van der Waals surface area contributed by atoms with E-state index in [2.05, 4.69) is 16.4 Å². The molecule has 198 valence electrons. The van der Waals surface area contributed by atoms with Crippen molar-refractivity contribution in [2.45, 2.75) is 65.6 Å². The number of rotatable bonds is 8. The monoisotopic (exact) mass is 508 g/mol. The molecule has 1 aliphatic heterocycles. The Bertz CT molecular complexity index is 1110. The van der Waals surface area contributed by atoms with Crippen molar-refractivity contribution in [2.24, 2.45) is 5.92 Å². The van der Waals surface area contributed by atoms with E-state index in [1.165, 1.54) is 0 Å². The topological polar surface area (TPSA) is 114 Å². The van der Waals surface area contributed by atoms with Crippen LogP contribution >= 0.6 is 0 Å². The summed E-state index contributed by atoms with van der Waals surface area (Å²) in [7, 11) is 0. The predicted octanol–water partition coefficient (Wildman–Crippen LogP) is 5.30. The maximum Gasteiger partial charge on any atom is 0.407 e. The molecule has 0 spiro atoms. The first kappa shape index (κ1) is 27.8. The highest BCUT2D eigenvalue weighted by atomic mass is 16.6. The van der Waals surface area contributed by atoms with Gasteiger partial charge in [-0.1, -0.05) is 0 Å². The molecular weight excluding hydrogens is 472 g/mol. The minimum absolute atomic E-state index is 0.106. The van der Waals surface area contributed by atoms with Gasteiger partial charge in [0.15, 0.2) is 0 Å². The Balaban J connectivity index is 1.60. The minimum atomic E-state index is -0.518. The van der Waals surface area contributed by atoms with Crippen LogP contribution in [0.25, 0.3) is 0 Å². The van der Waals surface area contributed by atoms with Crippen molar-refractivity contribution in [1.82, 2.24) is 15.2 Å². The number of pyridine rings is 1. The van der Waals surface area contributed by atoms with Gasteiger partial charge >= 0.3 is 6.09 Å². The summed E-state index contributed by atoms with van der Waals surface area (Å²) in [4.78, 5) is 31.4. The van der Waals surface area contributed by atoms with Crippen LogP contribution in [0.4, 0.5) is 4.79 Å². The van der Waals surface area contributed by atoms with Gasteiger partial charge in [-0.25, -0.2) is 4.79 Å². The van der Waals surface area contributed by atoms with Crippen molar-refractivity contribution in [3.05, 3.63) is 47.5 Å². The Morgan fingerprint density at radius 3 is 2.38 bits per heavy atom. The minimum Gasteiger partial charge on any atom is -0.475 e. The van der Waals surface area contributed by atoms with Gasteiger partial charge in [0, 0.05) is 31.8 Å².